The first kappa shape index (κ1) is 13.9. The van der Waals surface area contributed by atoms with Crippen molar-refractivity contribution >= 4 is 22.9 Å². The van der Waals surface area contributed by atoms with E-state index >= 15 is 0 Å². The van der Waals surface area contributed by atoms with Crippen molar-refractivity contribution in [3.63, 3.8) is 0 Å². The summed E-state index contributed by atoms with van der Waals surface area (Å²) < 4.78 is 4.61. The van der Waals surface area contributed by atoms with Crippen molar-refractivity contribution in [3.8, 4) is 11.1 Å². The lowest BCUT2D eigenvalue weighted by molar-refractivity contribution is -0.134. The third-order valence-corrected chi connectivity index (χ3v) is 3.37. The van der Waals surface area contributed by atoms with Crippen molar-refractivity contribution in [1.82, 2.24) is 9.97 Å². The number of ether oxygens (including phenoxy) is 1. The summed E-state index contributed by atoms with van der Waals surface area (Å²) in [6, 6.07) is 11.8. The van der Waals surface area contributed by atoms with Gasteiger partial charge in [0, 0.05) is 30.1 Å². The Hall–Kier alpha value is -3.01. The lowest BCUT2D eigenvalue weighted by atomic mass is 10.0. The van der Waals surface area contributed by atoms with Gasteiger partial charge in [0.05, 0.1) is 12.6 Å². The Morgan fingerprint density at radius 1 is 1.09 bits per heavy atom. The van der Waals surface area contributed by atoms with E-state index in [1.807, 2.05) is 36.4 Å². The molecule has 0 aliphatic rings. The van der Waals surface area contributed by atoms with Crippen LogP contribution in [0.5, 0.6) is 0 Å². The van der Waals surface area contributed by atoms with E-state index in [0.717, 1.165) is 27.6 Å². The zero-order chi connectivity index (χ0) is 15.4. The van der Waals surface area contributed by atoms with E-state index in [4.69, 9.17) is 0 Å². The van der Waals surface area contributed by atoms with Gasteiger partial charge >= 0.3 is 5.97 Å². The highest BCUT2D eigenvalue weighted by Gasteiger charge is 2.05. The number of aromatic nitrogens is 2. The highest BCUT2D eigenvalue weighted by Crippen LogP contribution is 2.27. The fourth-order valence-electron chi connectivity index (χ4n) is 2.28. The predicted octanol–water partition coefficient (Wildman–Crippen LogP) is 3.48. The first-order valence-electron chi connectivity index (χ1n) is 6.83. The number of fused-ring (bicyclic) bond motifs is 1. The SMILES string of the molecule is COC(=O)/C=C/c1ccc2nccc(-c3ccncc3)c2c1. The molecule has 2 heterocycles. The summed E-state index contributed by atoms with van der Waals surface area (Å²) in [5.41, 5.74) is 3.99. The van der Waals surface area contributed by atoms with Crippen molar-refractivity contribution in [2.75, 3.05) is 7.11 Å². The molecule has 0 saturated heterocycles. The maximum atomic E-state index is 11.2. The summed E-state index contributed by atoms with van der Waals surface area (Å²) in [4.78, 5) is 19.6. The second kappa shape index (κ2) is 6.18. The van der Waals surface area contributed by atoms with Gasteiger partial charge in [0.25, 0.3) is 0 Å². The smallest absolute Gasteiger partial charge is 0.330 e. The van der Waals surface area contributed by atoms with E-state index in [2.05, 4.69) is 14.7 Å². The molecule has 0 saturated carbocycles. The maximum absolute atomic E-state index is 11.2. The quantitative estimate of drug-likeness (QED) is 0.547. The number of methoxy groups -OCH3 is 1. The van der Waals surface area contributed by atoms with Gasteiger partial charge in [-0.2, -0.15) is 0 Å². The fraction of sp³-hybridized carbons (Fsp3) is 0.0556. The largest absolute Gasteiger partial charge is 0.466 e. The van der Waals surface area contributed by atoms with Crippen LogP contribution in [0.2, 0.25) is 0 Å². The van der Waals surface area contributed by atoms with Crippen LogP contribution in [-0.2, 0) is 9.53 Å². The number of pyridine rings is 2. The van der Waals surface area contributed by atoms with Crippen LogP contribution in [0.15, 0.2) is 61.1 Å². The summed E-state index contributed by atoms with van der Waals surface area (Å²) >= 11 is 0. The van der Waals surface area contributed by atoms with Gasteiger partial charge in [0.2, 0.25) is 0 Å². The normalized spacial score (nSPS) is 11.0. The van der Waals surface area contributed by atoms with Crippen LogP contribution in [0, 0.1) is 0 Å². The first-order valence-corrected chi connectivity index (χ1v) is 6.83. The van der Waals surface area contributed by atoms with Crippen LogP contribution in [-0.4, -0.2) is 23.0 Å². The van der Waals surface area contributed by atoms with Gasteiger partial charge in [-0.05, 0) is 53.1 Å². The van der Waals surface area contributed by atoms with E-state index in [1.165, 1.54) is 13.2 Å². The van der Waals surface area contributed by atoms with Crippen molar-refractivity contribution in [2.24, 2.45) is 0 Å². The van der Waals surface area contributed by atoms with Gasteiger partial charge < -0.3 is 4.74 Å². The van der Waals surface area contributed by atoms with Crippen molar-refractivity contribution in [2.45, 2.75) is 0 Å². The summed E-state index contributed by atoms with van der Waals surface area (Å²) in [7, 11) is 1.36. The van der Waals surface area contributed by atoms with Crippen LogP contribution >= 0.6 is 0 Å². The molecule has 0 radical (unpaired) electrons. The minimum absolute atomic E-state index is 0.374. The molecule has 22 heavy (non-hydrogen) atoms. The van der Waals surface area contributed by atoms with E-state index in [-0.39, 0.29) is 5.97 Å². The van der Waals surface area contributed by atoms with Gasteiger partial charge in [-0.3, -0.25) is 9.97 Å². The molecule has 0 spiro atoms. The zero-order valence-electron chi connectivity index (χ0n) is 12.1. The Morgan fingerprint density at radius 2 is 1.91 bits per heavy atom. The topological polar surface area (TPSA) is 52.1 Å². The Bertz CT molecular complexity index is 842. The molecule has 4 nitrogen and oxygen atoms in total. The molecular weight excluding hydrogens is 276 g/mol. The molecule has 0 N–H and O–H groups in total. The second-order valence-corrected chi connectivity index (χ2v) is 4.73. The average Bonchev–Trinajstić information content (AvgIpc) is 2.59. The van der Waals surface area contributed by atoms with Crippen molar-refractivity contribution < 1.29 is 9.53 Å². The molecular formula is C18H14N2O2. The summed E-state index contributed by atoms with van der Waals surface area (Å²) in [6.07, 6.45) is 8.46. The van der Waals surface area contributed by atoms with Crippen LogP contribution in [0.4, 0.5) is 0 Å². The molecule has 0 unspecified atom stereocenters. The Morgan fingerprint density at radius 3 is 2.68 bits per heavy atom. The summed E-state index contributed by atoms with van der Waals surface area (Å²) in [6.45, 7) is 0. The number of esters is 1. The lowest BCUT2D eigenvalue weighted by Gasteiger charge is -2.07. The Kier molecular flexibility index (Phi) is 3.92. The van der Waals surface area contributed by atoms with Crippen LogP contribution in [0.25, 0.3) is 28.1 Å². The van der Waals surface area contributed by atoms with Crippen LogP contribution < -0.4 is 0 Å². The van der Waals surface area contributed by atoms with Gasteiger partial charge in [-0.1, -0.05) is 6.07 Å². The summed E-state index contributed by atoms with van der Waals surface area (Å²) in [5.74, 6) is -0.374. The molecule has 0 fully saturated rings. The average molecular weight is 290 g/mol. The van der Waals surface area contributed by atoms with E-state index in [1.54, 1.807) is 24.7 Å². The molecule has 4 heteroatoms. The molecule has 3 rings (SSSR count). The second-order valence-electron chi connectivity index (χ2n) is 4.73. The number of hydrogen-bond donors (Lipinski definition) is 0. The third kappa shape index (κ3) is 2.86. The van der Waals surface area contributed by atoms with Crippen LogP contribution in [0.3, 0.4) is 0 Å². The molecule has 0 atom stereocenters. The maximum Gasteiger partial charge on any atom is 0.330 e. The monoisotopic (exact) mass is 290 g/mol. The van der Waals surface area contributed by atoms with Crippen molar-refractivity contribution in [1.29, 1.82) is 0 Å². The molecule has 2 aromatic heterocycles. The molecule has 0 amide bonds. The number of benzene rings is 1. The standard InChI is InChI=1S/C18H14N2O2/c1-22-18(21)5-3-13-2-4-17-16(12-13)15(8-11-20-17)14-6-9-19-10-7-14/h2-12H,1H3/b5-3+. The molecule has 0 aliphatic carbocycles. The molecule has 108 valence electrons. The number of hydrogen-bond acceptors (Lipinski definition) is 4. The highest BCUT2D eigenvalue weighted by molar-refractivity contribution is 5.96. The number of nitrogens with zero attached hydrogens (tertiary/aromatic N) is 2. The highest BCUT2D eigenvalue weighted by atomic mass is 16.5. The predicted molar refractivity (Wildman–Crippen MR) is 86.0 cm³/mol. The van der Waals surface area contributed by atoms with E-state index < -0.39 is 0 Å². The van der Waals surface area contributed by atoms with Crippen LogP contribution in [0.1, 0.15) is 5.56 Å². The number of rotatable bonds is 3. The number of carbonyl (C=O) groups is 1. The molecule has 0 aliphatic heterocycles. The van der Waals surface area contributed by atoms with Gasteiger partial charge in [-0.25, -0.2) is 4.79 Å². The van der Waals surface area contributed by atoms with Gasteiger partial charge in [0.1, 0.15) is 0 Å². The number of carbonyl (C=O) groups excluding carboxylic acids is 1. The summed E-state index contributed by atoms with van der Waals surface area (Å²) in [5, 5.41) is 1.03. The van der Waals surface area contributed by atoms with Gasteiger partial charge in [0.15, 0.2) is 0 Å². The van der Waals surface area contributed by atoms with E-state index in [0.29, 0.717) is 0 Å². The molecule has 1 aromatic carbocycles. The molecule has 0 bridgehead atoms. The van der Waals surface area contributed by atoms with E-state index in [9.17, 15) is 4.79 Å². The zero-order valence-corrected chi connectivity index (χ0v) is 12.1. The minimum Gasteiger partial charge on any atom is -0.466 e. The minimum atomic E-state index is -0.374. The molecule has 3 aromatic rings. The fourth-order valence-corrected chi connectivity index (χ4v) is 2.28. The third-order valence-electron chi connectivity index (χ3n) is 3.37. The first-order chi connectivity index (χ1) is 10.8. The van der Waals surface area contributed by atoms with Gasteiger partial charge in [-0.15, -0.1) is 0 Å². The lowest BCUT2D eigenvalue weighted by Crippen LogP contribution is -1.93. The van der Waals surface area contributed by atoms with Crippen molar-refractivity contribution in [3.05, 3.63) is 66.6 Å². The Labute approximate surface area is 128 Å². The Balaban J connectivity index is 2.10.